The molecule has 0 radical (unpaired) electrons. The zero-order valence-electron chi connectivity index (χ0n) is 55.7. The van der Waals surface area contributed by atoms with Crippen LogP contribution < -0.4 is 26.2 Å². The molecule has 0 bridgehead atoms. The first-order valence-corrected chi connectivity index (χ1v) is 21.5. The maximum Gasteiger partial charge on any atom is 0.258 e. The van der Waals surface area contributed by atoms with Gasteiger partial charge in [0.15, 0.2) is 0 Å². The molecule has 0 atom stereocenters. The van der Waals surface area contributed by atoms with Crippen LogP contribution in [-0.4, -0.2) is 6.71 Å². The summed E-state index contributed by atoms with van der Waals surface area (Å²) in [6.07, 6.45) is 0. The van der Waals surface area contributed by atoms with Crippen LogP contribution in [0.15, 0.2) is 124 Å². The lowest BCUT2D eigenvalue weighted by Crippen LogP contribution is -2.61. The molecule has 62 heavy (non-hydrogen) atoms. The third-order valence-corrected chi connectivity index (χ3v) is 12.8. The van der Waals surface area contributed by atoms with Crippen LogP contribution in [0.2, 0.25) is 0 Å². The van der Waals surface area contributed by atoms with Crippen LogP contribution >= 0.6 is 11.3 Å². The molecule has 2 aliphatic rings. The van der Waals surface area contributed by atoms with Crippen molar-refractivity contribution >= 4 is 111 Å². The zero-order chi connectivity index (χ0) is 59.9. The van der Waals surface area contributed by atoms with E-state index in [0.29, 0.717) is 0 Å². The fourth-order valence-corrected chi connectivity index (χ4v) is 9.43. The molecule has 0 aliphatic carbocycles. The molecule has 0 saturated heterocycles. The third kappa shape index (κ3) is 5.85. The number of hydrogen-bond donors (Lipinski definition) is 0. The van der Waals surface area contributed by atoms with Gasteiger partial charge in [-0.05, 0) is 127 Å². The highest BCUT2D eigenvalue weighted by atomic mass is 32.1. The van der Waals surface area contributed by atoms with Crippen molar-refractivity contribution in [3.05, 3.63) is 137 Å². The van der Waals surface area contributed by atoms with Gasteiger partial charge in [0, 0.05) is 50.1 Å². The van der Waals surface area contributed by atoms with Crippen LogP contribution in [-0.2, 0) is 21.7 Å². The average Bonchev–Trinajstić information content (AvgIpc) is 1.97. The van der Waals surface area contributed by atoms with Crippen LogP contribution in [0.3, 0.4) is 0 Å². The summed E-state index contributed by atoms with van der Waals surface area (Å²) >= 11 is 0.930. The molecule has 0 saturated carbocycles. The largest absolute Gasteiger partial charge is 0.456 e. The van der Waals surface area contributed by atoms with E-state index in [2.05, 4.69) is 0 Å². The fraction of sp³-hybridized carbons (Fsp3) is 0.286. The first kappa shape index (κ1) is 23.7. The average molecular weight is 850 g/mol. The van der Waals surface area contributed by atoms with Crippen molar-refractivity contribution in [2.45, 2.75) is 105 Å². The first-order chi connectivity index (χ1) is 37.2. The number of anilines is 6. The van der Waals surface area contributed by atoms with E-state index in [1.54, 1.807) is 83.1 Å². The Bertz CT molecular complexity index is 4360. The lowest BCUT2D eigenvalue weighted by Gasteiger charge is -2.42. The summed E-state index contributed by atoms with van der Waals surface area (Å²) in [5.41, 5.74) is -6.35. The molecule has 9 aromatic rings. The van der Waals surface area contributed by atoms with Gasteiger partial charge in [0.05, 0.1) is 35.7 Å². The van der Waals surface area contributed by atoms with Gasteiger partial charge in [-0.1, -0.05) is 125 Å². The van der Waals surface area contributed by atoms with Gasteiger partial charge in [-0.3, -0.25) is 0 Å². The molecule has 6 heteroatoms. The maximum atomic E-state index is 10.6. The van der Waals surface area contributed by atoms with E-state index >= 15 is 0 Å². The van der Waals surface area contributed by atoms with Gasteiger partial charge >= 0.3 is 0 Å². The van der Waals surface area contributed by atoms with Crippen LogP contribution in [0, 0.1) is 0 Å². The summed E-state index contributed by atoms with van der Waals surface area (Å²) in [6.45, 7) is 19.5. The monoisotopic (exact) mass is 850 g/mol. The molecule has 0 spiro atoms. The molecule has 6 aromatic carbocycles. The smallest absolute Gasteiger partial charge is 0.258 e. The molecule has 2 aliphatic heterocycles. The van der Waals surface area contributed by atoms with Crippen molar-refractivity contribution in [2.75, 3.05) is 9.80 Å². The topological polar surface area (TPSA) is 32.8 Å². The molecule has 0 fully saturated rings. The van der Waals surface area contributed by atoms with Crippen molar-refractivity contribution in [3.63, 3.8) is 0 Å². The van der Waals surface area contributed by atoms with Crippen LogP contribution in [0.4, 0.5) is 33.4 Å². The van der Waals surface area contributed by atoms with Gasteiger partial charge in [0.2, 0.25) is 0 Å². The SMILES string of the molecule is [2H]c1c([2H])c2c3c(c1[2H])N(c1c([2H])c([2H])c(C(C)(C)C)c([2H])c1[2H])c1c(c([2H])c4oc5c([2H])c([2H])c(C(C)(C)C)c([2H])c5c4c1[2H])B3c1c(sc3c1oc1c([2H])c([2H])c(C(C)(C)C)c([2H])c13)N2c1c([2H])c([2H])c(C(C)(C)C)c([2H])c1[2H]. The van der Waals surface area contributed by atoms with E-state index < -0.39 is 124 Å². The second kappa shape index (κ2) is 12.9. The van der Waals surface area contributed by atoms with E-state index in [0.717, 1.165) is 16.2 Å². The second-order valence-corrected chi connectivity index (χ2v) is 21.3. The quantitative estimate of drug-likeness (QED) is 0.162. The van der Waals surface area contributed by atoms with E-state index in [1.165, 1.54) is 4.90 Å². The van der Waals surface area contributed by atoms with Crippen LogP contribution in [0.25, 0.3) is 43.2 Å². The molecule has 0 N–H and O–H groups in total. The normalized spacial score (nSPS) is 18.6. The Morgan fingerprint density at radius 3 is 1.52 bits per heavy atom. The van der Waals surface area contributed by atoms with Crippen molar-refractivity contribution < 1.29 is 34.9 Å². The standard InChI is InChI=1S/C56H55BN2O2S/c1-53(2,3)32-16-22-36(23-17-32)58-42-14-13-15-43-48(42)57(41-31-47-39(30-44(41)58)38-28-34(55(7,8)9)20-26-45(38)60-47)49-50-51(40-29-35(56(10,11)12)21-27-46(40)61-50)62-52(49)59(43)37-24-18-33(19-25-37)54(4,5)6/h13-31H,1-12H3/i13D,14D,15D,16D,17D,18D,19D,20D,21D,22D,23D,24D,25D,26D,27D,28D,29D,30D,31D. The number of hydrogen-bond acceptors (Lipinski definition) is 5. The van der Waals surface area contributed by atoms with Crippen molar-refractivity contribution in [2.24, 2.45) is 0 Å². The maximum absolute atomic E-state index is 10.6. The molecule has 0 amide bonds. The highest BCUT2D eigenvalue weighted by Gasteiger charge is 2.47. The van der Waals surface area contributed by atoms with Crippen LogP contribution in [0.5, 0.6) is 0 Å². The number of fused-ring (bicyclic) bond motifs is 11. The molecule has 310 valence electrons. The van der Waals surface area contributed by atoms with Gasteiger partial charge < -0.3 is 18.6 Å². The molecule has 11 rings (SSSR count). The number of furan rings is 2. The number of nitrogens with zero attached hydrogens (tertiary/aromatic N) is 2. The second-order valence-electron chi connectivity index (χ2n) is 20.3. The summed E-state index contributed by atoms with van der Waals surface area (Å²) in [5.74, 6) is 0. The van der Waals surface area contributed by atoms with Crippen molar-refractivity contribution in [1.29, 1.82) is 0 Å². The number of benzene rings is 6. The highest BCUT2D eigenvalue weighted by molar-refractivity contribution is 7.27. The number of rotatable bonds is 2. The van der Waals surface area contributed by atoms with Gasteiger partial charge in [-0.2, -0.15) is 0 Å². The summed E-state index contributed by atoms with van der Waals surface area (Å²) in [6, 6.07) is -9.33. The minimum atomic E-state index is -1.56. The summed E-state index contributed by atoms with van der Waals surface area (Å²) in [4.78, 5) is 2.37. The molecule has 4 nitrogen and oxygen atoms in total. The molecule has 3 aromatic heterocycles. The summed E-state index contributed by atoms with van der Waals surface area (Å²) < 4.78 is 198. The lowest BCUT2D eigenvalue weighted by atomic mass is 9.34. The van der Waals surface area contributed by atoms with Gasteiger partial charge in [-0.25, -0.2) is 0 Å². The van der Waals surface area contributed by atoms with Gasteiger partial charge in [0.1, 0.15) is 22.3 Å². The summed E-state index contributed by atoms with van der Waals surface area (Å²) in [5, 5.41) is -0.175. The highest BCUT2D eigenvalue weighted by Crippen LogP contribution is 2.50. The predicted molar refractivity (Wildman–Crippen MR) is 268 cm³/mol. The Kier molecular flexibility index (Phi) is 4.93. The molecular formula is C56H55BN2O2S. The molecule has 0 unspecified atom stereocenters. The van der Waals surface area contributed by atoms with Crippen molar-refractivity contribution in [3.8, 4) is 0 Å². The Labute approximate surface area is 396 Å². The van der Waals surface area contributed by atoms with E-state index in [1.807, 2.05) is 0 Å². The van der Waals surface area contributed by atoms with Gasteiger partial charge in [0.25, 0.3) is 6.71 Å². The van der Waals surface area contributed by atoms with Crippen molar-refractivity contribution in [1.82, 2.24) is 0 Å². The zero-order valence-corrected chi connectivity index (χ0v) is 37.5. The first-order valence-electron chi connectivity index (χ1n) is 30.2. The lowest BCUT2D eigenvalue weighted by molar-refractivity contribution is 0.590. The minimum Gasteiger partial charge on any atom is -0.456 e. The van der Waals surface area contributed by atoms with E-state index in [9.17, 15) is 23.3 Å². The molecular weight excluding hydrogens is 776 g/mol. The van der Waals surface area contributed by atoms with Gasteiger partial charge in [-0.15, -0.1) is 11.3 Å². The van der Waals surface area contributed by atoms with E-state index in [4.69, 9.17) is 11.6 Å². The molecule has 5 heterocycles. The van der Waals surface area contributed by atoms with Crippen LogP contribution in [0.1, 0.15) is 131 Å². The van der Waals surface area contributed by atoms with E-state index in [-0.39, 0.29) is 134 Å². The Hall–Kier alpha value is -5.72. The summed E-state index contributed by atoms with van der Waals surface area (Å²) in [7, 11) is 0. The predicted octanol–water partition coefficient (Wildman–Crippen LogP) is 14.8. The third-order valence-electron chi connectivity index (χ3n) is 11.6. The Morgan fingerprint density at radius 1 is 0.468 bits per heavy atom. The Morgan fingerprint density at radius 2 is 0.952 bits per heavy atom. The fourth-order valence-electron chi connectivity index (χ4n) is 8.15. The minimum absolute atomic E-state index is 0.0230. The number of thiophene rings is 1. The Balaban J connectivity index is 1.45.